The molecule has 5 heteroatoms. The first-order valence-corrected chi connectivity index (χ1v) is 6.33. The van der Waals surface area contributed by atoms with Crippen LogP contribution in [0.1, 0.15) is 18.4 Å². The molecule has 0 atom stereocenters. The SMILES string of the molecule is CNCCCC(=O)NCCOc1ccccc1C.Cl. The molecule has 0 fully saturated rings. The Bertz CT molecular complexity index is 372. The first-order valence-electron chi connectivity index (χ1n) is 6.33. The van der Waals surface area contributed by atoms with Crippen molar-refractivity contribution in [3.63, 3.8) is 0 Å². The molecular weight excluding hydrogens is 264 g/mol. The Morgan fingerprint density at radius 1 is 1.26 bits per heavy atom. The maximum Gasteiger partial charge on any atom is 0.220 e. The molecule has 0 aliphatic rings. The van der Waals surface area contributed by atoms with E-state index in [1.807, 2.05) is 38.2 Å². The van der Waals surface area contributed by atoms with Crippen LogP contribution < -0.4 is 15.4 Å². The number of amides is 1. The van der Waals surface area contributed by atoms with Crippen LogP contribution in [-0.4, -0.2) is 32.7 Å². The summed E-state index contributed by atoms with van der Waals surface area (Å²) in [6.45, 7) is 3.92. The van der Waals surface area contributed by atoms with E-state index in [1.54, 1.807) is 0 Å². The predicted molar refractivity (Wildman–Crippen MR) is 80.1 cm³/mol. The molecule has 2 N–H and O–H groups in total. The standard InChI is InChI=1S/C14H22N2O2.ClH/c1-12-6-3-4-7-13(12)18-11-10-16-14(17)8-5-9-15-2;/h3-4,6-7,15H,5,8-11H2,1-2H3,(H,16,17);1H. The Kier molecular flexibility index (Phi) is 9.94. The van der Waals surface area contributed by atoms with E-state index in [-0.39, 0.29) is 18.3 Å². The highest BCUT2D eigenvalue weighted by Gasteiger charge is 2.01. The van der Waals surface area contributed by atoms with Gasteiger partial charge in [0.15, 0.2) is 0 Å². The first-order chi connectivity index (χ1) is 8.74. The van der Waals surface area contributed by atoms with Gasteiger partial charge in [0.1, 0.15) is 12.4 Å². The number of para-hydroxylation sites is 1. The summed E-state index contributed by atoms with van der Waals surface area (Å²) >= 11 is 0. The van der Waals surface area contributed by atoms with Crippen molar-refractivity contribution in [1.29, 1.82) is 0 Å². The van der Waals surface area contributed by atoms with Crippen molar-refractivity contribution in [3.05, 3.63) is 29.8 Å². The third kappa shape index (κ3) is 7.70. The van der Waals surface area contributed by atoms with Gasteiger partial charge in [0, 0.05) is 6.42 Å². The molecule has 1 aromatic rings. The summed E-state index contributed by atoms with van der Waals surface area (Å²) in [4.78, 5) is 11.4. The van der Waals surface area contributed by atoms with Gasteiger partial charge in [0.25, 0.3) is 0 Å². The van der Waals surface area contributed by atoms with Crippen molar-refractivity contribution < 1.29 is 9.53 Å². The molecule has 0 unspecified atom stereocenters. The lowest BCUT2D eigenvalue weighted by Crippen LogP contribution is -2.28. The maximum absolute atomic E-state index is 11.4. The number of carbonyl (C=O) groups excluding carboxylic acids is 1. The Morgan fingerprint density at radius 3 is 2.68 bits per heavy atom. The van der Waals surface area contributed by atoms with Gasteiger partial charge in [0.05, 0.1) is 6.54 Å². The molecule has 4 nitrogen and oxygen atoms in total. The van der Waals surface area contributed by atoms with Gasteiger partial charge in [-0.1, -0.05) is 18.2 Å². The van der Waals surface area contributed by atoms with E-state index in [9.17, 15) is 4.79 Å². The van der Waals surface area contributed by atoms with Crippen LogP contribution in [-0.2, 0) is 4.79 Å². The molecule has 0 radical (unpaired) electrons. The molecule has 0 bridgehead atoms. The smallest absolute Gasteiger partial charge is 0.220 e. The van der Waals surface area contributed by atoms with Gasteiger partial charge in [-0.05, 0) is 38.6 Å². The minimum Gasteiger partial charge on any atom is -0.491 e. The maximum atomic E-state index is 11.4. The number of ether oxygens (including phenoxy) is 1. The average Bonchev–Trinajstić information content (AvgIpc) is 2.37. The highest BCUT2D eigenvalue weighted by atomic mass is 35.5. The summed E-state index contributed by atoms with van der Waals surface area (Å²) in [6.07, 6.45) is 1.42. The number of carbonyl (C=O) groups is 1. The molecule has 19 heavy (non-hydrogen) atoms. The minimum atomic E-state index is 0. The van der Waals surface area contributed by atoms with Crippen molar-refractivity contribution in [2.45, 2.75) is 19.8 Å². The minimum absolute atomic E-state index is 0. The Labute approximate surface area is 121 Å². The zero-order valence-corrected chi connectivity index (χ0v) is 12.4. The number of rotatable bonds is 8. The number of nitrogens with one attached hydrogen (secondary N) is 2. The molecule has 0 aromatic heterocycles. The van der Waals surface area contributed by atoms with Crippen LogP contribution in [0.25, 0.3) is 0 Å². The third-order valence-corrected chi connectivity index (χ3v) is 2.61. The van der Waals surface area contributed by atoms with Crippen LogP contribution in [0.2, 0.25) is 0 Å². The lowest BCUT2D eigenvalue weighted by molar-refractivity contribution is -0.121. The summed E-state index contributed by atoms with van der Waals surface area (Å²) in [5.74, 6) is 0.959. The lowest BCUT2D eigenvalue weighted by atomic mass is 10.2. The van der Waals surface area contributed by atoms with Gasteiger partial charge in [-0.15, -0.1) is 12.4 Å². The summed E-state index contributed by atoms with van der Waals surface area (Å²) in [5.41, 5.74) is 1.11. The number of hydrogen-bond donors (Lipinski definition) is 2. The summed E-state index contributed by atoms with van der Waals surface area (Å²) in [6, 6.07) is 7.86. The van der Waals surface area contributed by atoms with E-state index in [4.69, 9.17) is 4.74 Å². The van der Waals surface area contributed by atoms with Crippen molar-refractivity contribution in [3.8, 4) is 5.75 Å². The first kappa shape index (κ1) is 17.7. The zero-order chi connectivity index (χ0) is 13.2. The lowest BCUT2D eigenvalue weighted by Gasteiger charge is -2.09. The predicted octanol–water partition coefficient (Wildman–Crippen LogP) is 1.91. The monoisotopic (exact) mass is 286 g/mol. The second kappa shape index (κ2) is 10.6. The average molecular weight is 287 g/mol. The summed E-state index contributed by atoms with van der Waals surface area (Å²) in [7, 11) is 1.88. The van der Waals surface area contributed by atoms with Crippen LogP contribution in [0.4, 0.5) is 0 Å². The zero-order valence-electron chi connectivity index (χ0n) is 11.6. The van der Waals surface area contributed by atoms with Gasteiger partial charge in [0.2, 0.25) is 5.91 Å². The molecule has 0 saturated heterocycles. The number of hydrogen-bond acceptors (Lipinski definition) is 3. The van der Waals surface area contributed by atoms with Crippen LogP contribution in [0.5, 0.6) is 5.75 Å². The van der Waals surface area contributed by atoms with E-state index in [0.29, 0.717) is 19.6 Å². The molecule has 108 valence electrons. The van der Waals surface area contributed by atoms with Crippen LogP contribution in [0.15, 0.2) is 24.3 Å². The Balaban J connectivity index is 0.00000324. The number of aryl methyl sites for hydroxylation is 1. The molecule has 0 aliphatic heterocycles. The van der Waals surface area contributed by atoms with E-state index < -0.39 is 0 Å². The second-order valence-corrected chi connectivity index (χ2v) is 4.17. The van der Waals surface area contributed by atoms with E-state index in [1.165, 1.54) is 0 Å². The fourth-order valence-electron chi connectivity index (χ4n) is 1.58. The molecule has 0 saturated carbocycles. The van der Waals surface area contributed by atoms with Crippen LogP contribution in [0, 0.1) is 6.92 Å². The number of benzene rings is 1. The molecule has 1 amide bonds. The van der Waals surface area contributed by atoms with E-state index >= 15 is 0 Å². The van der Waals surface area contributed by atoms with Crippen molar-refractivity contribution >= 4 is 18.3 Å². The number of halogens is 1. The molecule has 0 spiro atoms. The van der Waals surface area contributed by atoms with Gasteiger partial charge in [-0.3, -0.25) is 4.79 Å². The van der Waals surface area contributed by atoms with Crippen LogP contribution in [0.3, 0.4) is 0 Å². The molecule has 0 heterocycles. The molecular formula is C14H23ClN2O2. The van der Waals surface area contributed by atoms with Gasteiger partial charge in [-0.25, -0.2) is 0 Å². The second-order valence-electron chi connectivity index (χ2n) is 4.17. The highest BCUT2D eigenvalue weighted by Crippen LogP contribution is 2.15. The largest absolute Gasteiger partial charge is 0.491 e. The summed E-state index contributed by atoms with van der Waals surface area (Å²) in [5, 5.41) is 5.85. The molecule has 1 aromatic carbocycles. The fraction of sp³-hybridized carbons (Fsp3) is 0.500. The van der Waals surface area contributed by atoms with Crippen molar-refractivity contribution in [2.24, 2.45) is 0 Å². The summed E-state index contributed by atoms with van der Waals surface area (Å²) < 4.78 is 5.59. The van der Waals surface area contributed by atoms with Crippen molar-refractivity contribution in [2.75, 3.05) is 26.7 Å². The topological polar surface area (TPSA) is 50.4 Å². The quantitative estimate of drug-likeness (QED) is 0.718. The Morgan fingerprint density at radius 2 is 2.00 bits per heavy atom. The Hall–Kier alpha value is -1.26. The normalized spacial score (nSPS) is 9.58. The fourth-order valence-corrected chi connectivity index (χ4v) is 1.58. The third-order valence-electron chi connectivity index (χ3n) is 2.61. The van der Waals surface area contributed by atoms with E-state index in [2.05, 4.69) is 10.6 Å². The van der Waals surface area contributed by atoms with Gasteiger partial charge < -0.3 is 15.4 Å². The van der Waals surface area contributed by atoms with Gasteiger partial charge in [-0.2, -0.15) is 0 Å². The van der Waals surface area contributed by atoms with E-state index in [0.717, 1.165) is 24.3 Å². The molecule has 0 aliphatic carbocycles. The molecule has 1 rings (SSSR count). The van der Waals surface area contributed by atoms with Crippen molar-refractivity contribution in [1.82, 2.24) is 10.6 Å². The highest BCUT2D eigenvalue weighted by molar-refractivity contribution is 5.85. The van der Waals surface area contributed by atoms with Crippen LogP contribution >= 0.6 is 12.4 Å². The van der Waals surface area contributed by atoms with Gasteiger partial charge >= 0.3 is 0 Å².